The van der Waals surface area contributed by atoms with Gasteiger partial charge in [0.2, 0.25) is 5.89 Å². The van der Waals surface area contributed by atoms with E-state index in [0.717, 1.165) is 10.5 Å². The second-order valence-electron chi connectivity index (χ2n) is 4.37. The van der Waals surface area contributed by atoms with E-state index in [1.807, 2.05) is 24.3 Å². The van der Waals surface area contributed by atoms with E-state index in [4.69, 9.17) is 16.0 Å². The molecule has 0 aliphatic heterocycles. The Bertz CT molecular complexity index is 742. The molecule has 3 aromatic rings. The van der Waals surface area contributed by atoms with Crippen LogP contribution in [-0.2, 0) is 5.75 Å². The van der Waals surface area contributed by atoms with Crippen molar-refractivity contribution in [3.63, 3.8) is 0 Å². The van der Waals surface area contributed by atoms with Gasteiger partial charge >= 0.3 is 0 Å². The smallest absolute Gasteiger partial charge is 0.205 e. The van der Waals surface area contributed by atoms with Gasteiger partial charge in [0, 0.05) is 15.5 Å². The molecule has 0 N–H and O–H groups in total. The van der Waals surface area contributed by atoms with E-state index in [-0.39, 0.29) is 5.82 Å². The SMILES string of the molecule is Fc1ccc(-c2cnc(CSc3cccc(Cl)c3)o2)cc1. The quantitative estimate of drug-likeness (QED) is 0.600. The van der Waals surface area contributed by atoms with Crippen LogP contribution in [0.5, 0.6) is 0 Å². The van der Waals surface area contributed by atoms with Crippen LogP contribution < -0.4 is 0 Å². The fourth-order valence-corrected chi connectivity index (χ4v) is 2.89. The summed E-state index contributed by atoms with van der Waals surface area (Å²) in [6, 6.07) is 13.8. The second-order valence-corrected chi connectivity index (χ2v) is 5.86. The normalized spacial score (nSPS) is 10.8. The molecule has 2 aromatic carbocycles. The van der Waals surface area contributed by atoms with Crippen molar-refractivity contribution in [2.45, 2.75) is 10.6 Å². The van der Waals surface area contributed by atoms with E-state index in [2.05, 4.69) is 4.98 Å². The van der Waals surface area contributed by atoms with Crippen LogP contribution in [0.4, 0.5) is 4.39 Å². The summed E-state index contributed by atoms with van der Waals surface area (Å²) in [5, 5.41) is 0.708. The lowest BCUT2D eigenvalue weighted by atomic mass is 10.2. The Morgan fingerprint density at radius 1 is 1.14 bits per heavy atom. The van der Waals surface area contributed by atoms with Gasteiger partial charge < -0.3 is 4.42 Å². The molecule has 0 saturated heterocycles. The molecule has 0 atom stereocenters. The lowest BCUT2D eigenvalue weighted by Gasteiger charge is -1.99. The number of hydrogen-bond donors (Lipinski definition) is 0. The lowest BCUT2D eigenvalue weighted by Crippen LogP contribution is -1.79. The first-order valence-corrected chi connectivity index (χ1v) is 7.66. The first-order valence-electron chi connectivity index (χ1n) is 6.30. The highest BCUT2D eigenvalue weighted by Gasteiger charge is 2.07. The summed E-state index contributed by atoms with van der Waals surface area (Å²) >= 11 is 7.54. The molecule has 0 unspecified atom stereocenters. The maximum Gasteiger partial charge on any atom is 0.205 e. The van der Waals surface area contributed by atoms with Crippen LogP contribution in [0.1, 0.15) is 5.89 Å². The molecular formula is C16H11ClFNOS. The van der Waals surface area contributed by atoms with Gasteiger partial charge in [-0.25, -0.2) is 9.37 Å². The Balaban J connectivity index is 1.69. The third-order valence-corrected chi connectivity index (χ3v) is 4.05. The minimum atomic E-state index is -0.269. The van der Waals surface area contributed by atoms with Gasteiger partial charge in [0.15, 0.2) is 5.76 Å². The third kappa shape index (κ3) is 3.65. The third-order valence-electron chi connectivity index (χ3n) is 2.84. The summed E-state index contributed by atoms with van der Waals surface area (Å²) in [7, 11) is 0. The molecule has 0 fully saturated rings. The van der Waals surface area contributed by atoms with Crippen molar-refractivity contribution >= 4 is 23.4 Å². The number of oxazole rings is 1. The molecule has 0 amide bonds. The van der Waals surface area contributed by atoms with Gasteiger partial charge in [-0.15, -0.1) is 11.8 Å². The minimum absolute atomic E-state index is 0.269. The van der Waals surface area contributed by atoms with Gasteiger partial charge in [0.1, 0.15) is 5.82 Å². The van der Waals surface area contributed by atoms with E-state index >= 15 is 0 Å². The molecule has 1 aromatic heterocycles. The number of halogens is 2. The number of aromatic nitrogens is 1. The molecule has 3 rings (SSSR count). The van der Waals surface area contributed by atoms with Crippen molar-refractivity contribution in [1.82, 2.24) is 4.98 Å². The predicted octanol–water partition coefficient (Wildman–Crippen LogP) is 5.43. The fourth-order valence-electron chi connectivity index (χ4n) is 1.83. The minimum Gasteiger partial charge on any atom is -0.440 e. The maximum atomic E-state index is 12.9. The summed E-state index contributed by atoms with van der Waals surface area (Å²) in [4.78, 5) is 5.30. The van der Waals surface area contributed by atoms with Crippen LogP contribution in [0.2, 0.25) is 5.02 Å². The largest absolute Gasteiger partial charge is 0.440 e. The highest BCUT2D eigenvalue weighted by Crippen LogP contribution is 2.27. The molecule has 0 bridgehead atoms. The van der Waals surface area contributed by atoms with Crippen molar-refractivity contribution in [3.05, 3.63) is 71.5 Å². The van der Waals surface area contributed by atoms with Crippen LogP contribution >= 0.6 is 23.4 Å². The summed E-state index contributed by atoms with van der Waals surface area (Å²) in [5.74, 6) is 1.60. The molecule has 0 aliphatic rings. The van der Waals surface area contributed by atoms with Crippen LogP contribution in [0.25, 0.3) is 11.3 Å². The van der Waals surface area contributed by atoms with Crippen LogP contribution in [0.3, 0.4) is 0 Å². The molecule has 0 saturated carbocycles. The van der Waals surface area contributed by atoms with Crippen LogP contribution in [-0.4, -0.2) is 4.98 Å². The molecule has 1 heterocycles. The highest BCUT2D eigenvalue weighted by atomic mass is 35.5. The lowest BCUT2D eigenvalue weighted by molar-refractivity contribution is 0.530. The topological polar surface area (TPSA) is 26.0 Å². The van der Waals surface area contributed by atoms with Crippen molar-refractivity contribution in [2.24, 2.45) is 0 Å². The van der Waals surface area contributed by atoms with E-state index in [1.165, 1.54) is 12.1 Å². The fraction of sp³-hybridized carbons (Fsp3) is 0.0625. The van der Waals surface area contributed by atoms with Gasteiger partial charge in [0.05, 0.1) is 11.9 Å². The summed E-state index contributed by atoms with van der Waals surface area (Å²) in [5.41, 5.74) is 0.808. The second kappa shape index (κ2) is 6.33. The molecule has 5 heteroatoms. The molecule has 2 nitrogen and oxygen atoms in total. The average Bonchev–Trinajstić information content (AvgIpc) is 2.95. The highest BCUT2D eigenvalue weighted by molar-refractivity contribution is 7.98. The van der Waals surface area contributed by atoms with E-state index in [1.54, 1.807) is 30.1 Å². The van der Waals surface area contributed by atoms with Gasteiger partial charge in [-0.1, -0.05) is 17.7 Å². The zero-order valence-corrected chi connectivity index (χ0v) is 12.5. The average molecular weight is 320 g/mol. The van der Waals surface area contributed by atoms with E-state index < -0.39 is 0 Å². The molecule has 0 radical (unpaired) electrons. The van der Waals surface area contributed by atoms with Crippen molar-refractivity contribution in [2.75, 3.05) is 0 Å². The standard InChI is InChI=1S/C16H11ClFNOS/c17-12-2-1-3-14(8-12)21-10-16-19-9-15(20-16)11-4-6-13(18)7-5-11/h1-9H,10H2. The van der Waals surface area contributed by atoms with Crippen molar-refractivity contribution < 1.29 is 8.81 Å². The summed E-state index contributed by atoms with van der Waals surface area (Å²) < 4.78 is 18.6. The first-order chi connectivity index (χ1) is 10.2. The van der Waals surface area contributed by atoms with E-state index in [9.17, 15) is 4.39 Å². The Morgan fingerprint density at radius 3 is 2.71 bits per heavy atom. The predicted molar refractivity (Wildman–Crippen MR) is 82.9 cm³/mol. The zero-order chi connectivity index (χ0) is 14.7. The van der Waals surface area contributed by atoms with Crippen LogP contribution in [0, 0.1) is 5.82 Å². The van der Waals surface area contributed by atoms with Crippen molar-refractivity contribution in [1.29, 1.82) is 0 Å². The van der Waals surface area contributed by atoms with E-state index in [0.29, 0.717) is 22.4 Å². The summed E-state index contributed by atoms with van der Waals surface area (Å²) in [6.45, 7) is 0. The Kier molecular flexibility index (Phi) is 4.27. The number of hydrogen-bond acceptors (Lipinski definition) is 3. The molecule has 0 spiro atoms. The molecule has 0 aliphatic carbocycles. The Morgan fingerprint density at radius 2 is 1.95 bits per heavy atom. The molecular weight excluding hydrogens is 309 g/mol. The van der Waals surface area contributed by atoms with Gasteiger partial charge in [-0.3, -0.25) is 0 Å². The number of benzene rings is 2. The number of rotatable bonds is 4. The molecule has 21 heavy (non-hydrogen) atoms. The summed E-state index contributed by atoms with van der Waals surface area (Å²) in [6.07, 6.45) is 1.65. The number of thioether (sulfide) groups is 1. The van der Waals surface area contributed by atoms with Gasteiger partial charge in [0.25, 0.3) is 0 Å². The number of nitrogens with zero attached hydrogens (tertiary/aromatic N) is 1. The monoisotopic (exact) mass is 319 g/mol. The zero-order valence-electron chi connectivity index (χ0n) is 10.9. The Labute approximate surface area is 131 Å². The molecule has 106 valence electrons. The Hall–Kier alpha value is -1.78. The first kappa shape index (κ1) is 14.2. The maximum absolute atomic E-state index is 12.9. The van der Waals surface area contributed by atoms with Crippen LogP contribution in [0.15, 0.2) is 64.0 Å². The van der Waals surface area contributed by atoms with Gasteiger partial charge in [-0.2, -0.15) is 0 Å². The van der Waals surface area contributed by atoms with Crippen molar-refractivity contribution in [3.8, 4) is 11.3 Å². The van der Waals surface area contributed by atoms with Gasteiger partial charge in [-0.05, 0) is 42.5 Å².